The van der Waals surface area contributed by atoms with Gasteiger partial charge in [-0.1, -0.05) is 5.16 Å². The van der Waals surface area contributed by atoms with Crippen LogP contribution in [0.15, 0.2) is 5.16 Å². The summed E-state index contributed by atoms with van der Waals surface area (Å²) in [6, 6.07) is -0.561. The molecule has 70 valence electrons. The maximum absolute atomic E-state index is 10.8. The lowest BCUT2D eigenvalue weighted by atomic mass is 10.1. The van der Waals surface area contributed by atoms with E-state index in [0.717, 1.165) is 0 Å². The van der Waals surface area contributed by atoms with E-state index >= 15 is 0 Å². The Morgan fingerprint density at radius 3 is 2.75 bits per heavy atom. The zero-order valence-corrected chi connectivity index (χ0v) is 7.28. The molecule has 0 aliphatic heterocycles. The van der Waals surface area contributed by atoms with Gasteiger partial charge in [0.2, 0.25) is 0 Å². The summed E-state index contributed by atoms with van der Waals surface area (Å²) in [5, 5.41) is 11.2. The van der Waals surface area contributed by atoms with E-state index in [-0.39, 0.29) is 12.4 Å². The first-order valence-electron chi connectivity index (χ1n) is 3.71. The lowest BCUT2D eigenvalue weighted by Crippen LogP contribution is -2.31. The molecule has 0 rings (SSSR count). The molecule has 0 fully saturated rings. The Morgan fingerprint density at radius 2 is 2.33 bits per heavy atom. The number of rotatable bonds is 4. The van der Waals surface area contributed by atoms with Gasteiger partial charge in [0.05, 0.1) is 24.8 Å². The fourth-order valence-electron chi connectivity index (χ4n) is 0.621. The highest BCUT2D eigenvalue weighted by molar-refractivity contribution is 5.90. The molecule has 0 amide bonds. The van der Waals surface area contributed by atoms with E-state index in [1.807, 2.05) is 0 Å². The van der Waals surface area contributed by atoms with Crippen LogP contribution < -0.4 is 5.73 Å². The number of carbonyl (C=O) groups is 1. The van der Waals surface area contributed by atoms with E-state index < -0.39 is 6.04 Å². The molecule has 5 heteroatoms. The van der Waals surface area contributed by atoms with Crippen LogP contribution in [0, 0.1) is 0 Å². The van der Waals surface area contributed by atoms with Crippen molar-refractivity contribution in [2.24, 2.45) is 10.9 Å². The normalized spacial score (nSPS) is 14.1. The summed E-state index contributed by atoms with van der Waals surface area (Å²) < 4.78 is 4.65. The summed E-state index contributed by atoms with van der Waals surface area (Å²) in [6.07, 6.45) is 0.0454. The first kappa shape index (κ1) is 10.9. The standard InChI is InChI=1S/C7H14N2O3/c1-3-12-7(10)4-6(8)5(2)9-11/h6,11H,3-4,8H2,1-2H3/b9-5+/t6-/m1/s1. The molecule has 3 N–H and O–H groups in total. The molecule has 0 aromatic rings. The summed E-state index contributed by atoms with van der Waals surface area (Å²) in [4.78, 5) is 10.8. The Kier molecular flexibility index (Phi) is 5.03. The largest absolute Gasteiger partial charge is 0.466 e. The van der Waals surface area contributed by atoms with Gasteiger partial charge >= 0.3 is 5.97 Å². The lowest BCUT2D eigenvalue weighted by Gasteiger charge is -2.08. The van der Waals surface area contributed by atoms with Crippen LogP contribution in [-0.4, -0.2) is 29.5 Å². The Hall–Kier alpha value is -1.10. The Labute approximate surface area is 71.2 Å². The predicted molar refractivity (Wildman–Crippen MR) is 44.1 cm³/mol. The highest BCUT2D eigenvalue weighted by atomic mass is 16.5. The van der Waals surface area contributed by atoms with Crippen LogP contribution in [0.25, 0.3) is 0 Å². The molecule has 0 unspecified atom stereocenters. The van der Waals surface area contributed by atoms with Crippen LogP contribution in [-0.2, 0) is 9.53 Å². The van der Waals surface area contributed by atoms with Gasteiger partial charge in [-0.3, -0.25) is 4.79 Å². The molecule has 0 aliphatic rings. The maximum atomic E-state index is 10.8. The predicted octanol–water partition coefficient (Wildman–Crippen LogP) is 0.117. The van der Waals surface area contributed by atoms with Gasteiger partial charge in [-0.05, 0) is 13.8 Å². The van der Waals surface area contributed by atoms with Crippen LogP contribution in [0.5, 0.6) is 0 Å². The molecular weight excluding hydrogens is 160 g/mol. The summed E-state index contributed by atoms with van der Waals surface area (Å²) in [5.41, 5.74) is 5.79. The first-order chi connectivity index (χ1) is 5.61. The van der Waals surface area contributed by atoms with Crippen molar-refractivity contribution in [3.05, 3.63) is 0 Å². The molecule has 1 atom stereocenters. The van der Waals surface area contributed by atoms with E-state index in [9.17, 15) is 4.79 Å². The van der Waals surface area contributed by atoms with E-state index in [1.54, 1.807) is 13.8 Å². The Balaban J connectivity index is 3.84. The molecule has 0 saturated heterocycles. The van der Waals surface area contributed by atoms with Gasteiger partial charge in [0.25, 0.3) is 0 Å². The van der Waals surface area contributed by atoms with Crippen molar-refractivity contribution in [1.29, 1.82) is 0 Å². The molecule has 0 aliphatic carbocycles. The van der Waals surface area contributed by atoms with Gasteiger partial charge in [0, 0.05) is 0 Å². The van der Waals surface area contributed by atoms with Crippen molar-refractivity contribution in [1.82, 2.24) is 0 Å². The molecular formula is C7H14N2O3. The van der Waals surface area contributed by atoms with Crippen LogP contribution in [0.2, 0.25) is 0 Å². The first-order valence-corrected chi connectivity index (χ1v) is 3.71. The maximum Gasteiger partial charge on any atom is 0.307 e. The van der Waals surface area contributed by atoms with Gasteiger partial charge in [-0.15, -0.1) is 0 Å². The molecule has 0 aromatic heterocycles. The fraction of sp³-hybridized carbons (Fsp3) is 0.714. The molecule has 0 bridgehead atoms. The number of ether oxygens (including phenoxy) is 1. The van der Waals surface area contributed by atoms with E-state index in [0.29, 0.717) is 12.3 Å². The summed E-state index contributed by atoms with van der Waals surface area (Å²) >= 11 is 0. The van der Waals surface area contributed by atoms with Crippen molar-refractivity contribution in [3.63, 3.8) is 0 Å². The van der Waals surface area contributed by atoms with Gasteiger partial charge in [-0.25, -0.2) is 0 Å². The quantitative estimate of drug-likeness (QED) is 0.274. The van der Waals surface area contributed by atoms with E-state index in [2.05, 4.69) is 9.89 Å². The summed E-state index contributed by atoms with van der Waals surface area (Å²) in [7, 11) is 0. The fourth-order valence-corrected chi connectivity index (χ4v) is 0.621. The molecule has 0 aromatic carbocycles. The Bertz CT molecular complexity index is 179. The van der Waals surface area contributed by atoms with Crippen LogP contribution >= 0.6 is 0 Å². The second-order valence-corrected chi connectivity index (χ2v) is 2.36. The second-order valence-electron chi connectivity index (χ2n) is 2.36. The number of esters is 1. The number of oxime groups is 1. The van der Waals surface area contributed by atoms with Crippen molar-refractivity contribution in [2.75, 3.05) is 6.61 Å². The van der Waals surface area contributed by atoms with Gasteiger partial charge < -0.3 is 15.7 Å². The third kappa shape index (κ3) is 3.92. The number of carbonyl (C=O) groups excluding carboxylic acids is 1. The van der Waals surface area contributed by atoms with Crippen LogP contribution in [0.1, 0.15) is 20.3 Å². The zero-order valence-electron chi connectivity index (χ0n) is 7.28. The molecule has 5 nitrogen and oxygen atoms in total. The minimum atomic E-state index is -0.561. The number of nitrogens with zero attached hydrogens (tertiary/aromatic N) is 1. The highest BCUT2D eigenvalue weighted by Gasteiger charge is 2.12. The number of hydrogen-bond donors (Lipinski definition) is 2. The Morgan fingerprint density at radius 1 is 1.75 bits per heavy atom. The van der Waals surface area contributed by atoms with E-state index in [1.165, 1.54) is 0 Å². The molecule has 0 spiro atoms. The third-order valence-electron chi connectivity index (χ3n) is 1.39. The molecule has 0 heterocycles. The SMILES string of the molecule is CCOC(=O)C[C@@H](N)/C(C)=N/O. The molecule has 0 saturated carbocycles. The number of hydrogen-bond acceptors (Lipinski definition) is 5. The minimum absolute atomic E-state index is 0.0454. The third-order valence-corrected chi connectivity index (χ3v) is 1.39. The molecule has 12 heavy (non-hydrogen) atoms. The second kappa shape index (κ2) is 5.54. The van der Waals surface area contributed by atoms with Gasteiger partial charge in [-0.2, -0.15) is 0 Å². The van der Waals surface area contributed by atoms with Crippen LogP contribution in [0.4, 0.5) is 0 Å². The monoisotopic (exact) mass is 174 g/mol. The zero-order chi connectivity index (χ0) is 9.56. The summed E-state index contributed by atoms with van der Waals surface area (Å²) in [6.45, 7) is 3.60. The molecule has 0 radical (unpaired) electrons. The minimum Gasteiger partial charge on any atom is -0.466 e. The highest BCUT2D eigenvalue weighted by Crippen LogP contribution is 1.94. The number of nitrogens with two attached hydrogens (primary N) is 1. The van der Waals surface area contributed by atoms with Gasteiger partial charge in [0.15, 0.2) is 0 Å². The van der Waals surface area contributed by atoms with E-state index in [4.69, 9.17) is 10.9 Å². The van der Waals surface area contributed by atoms with Crippen molar-refractivity contribution in [3.8, 4) is 0 Å². The van der Waals surface area contributed by atoms with Gasteiger partial charge in [0.1, 0.15) is 0 Å². The topological polar surface area (TPSA) is 84.9 Å². The average molecular weight is 174 g/mol. The lowest BCUT2D eigenvalue weighted by molar-refractivity contribution is -0.143. The van der Waals surface area contributed by atoms with Crippen molar-refractivity contribution in [2.45, 2.75) is 26.3 Å². The van der Waals surface area contributed by atoms with Crippen molar-refractivity contribution >= 4 is 11.7 Å². The smallest absolute Gasteiger partial charge is 0.307 e. The van der Waals surface area contributed by atoms with Crippen molar-refractivity contribution < 1.29 is 14.7 Å². The average Bonchev–Trinajstić information content (AvgIpc) is 2.03. The van der Waals surface area contributed by atoms with Crippen LogP contribution in [0.3, 0.4) is 0 Å². The summed E-state index contributed by atoms with van der Waals surface area (Å²) in [5.74, 6) is -0.381.